The minimum atomic E-state index is -0.698. The second kappa shape index (κ2) is 10.4. The van der Waals surface area contributed by atoms with E-state index in [2.05, 4.69) is 33.9 Å². The number of piperidine rings is 1. The normalized spacial score (nSPS) is 17.1. The Morgan fingerprint density at radius 3 is 2.22 bits per heavy atom. The number of esters is 1. The van der Waals surface area contributed by atoms with Crippen molar-refractivity contribution < 1.29 is 19.1 Å². The highest BCUT2D eigenvalue weighted by Crippen LogP contribution is 2.41. The second-order valence-electron chi connectivity index (χ2n) is 9.30. The topological polar surface area (TPSA) is 59.1 Å². The first-order valence-corrected chi connectivity index (χ1v) is 12.3. The highest BCUT2D eigenvalue weighted by molar-refractivity contribution is 5.99. The molecule has 6 nitrogen and oxygen atoms in total. The van der Waals surface area contributed by atoms with Crippen molar-refractivity contribution in [3.8, 4) is 5.75 Å². The molecule has 0 radical (unpaired) electrons. The average Bonchev–Trinajstić information content (AvgIpc) is 2.92. The van der Waals surface area contributed by atoms with Gasteiger partial charge in [-0.15, -0.1) is 0 Å². The smallest absolute Gasteiger partial charge is 0.330 e. The molecule has 184 valence electrons. The molecule has 0 aliphatic carbocycles. The average molecular weight is 483 g/mol. The zero-order valence-electron chi connectivity index (χ0n) is 20.4. The van der Waals surface area contributed by atoms with Gasteiger partial charge in [-0.1, -0.05) is 66.7 Å². The van der Waals surface area contributed by atoms with Gasteiger partial charge < -0.3 is 9.47 Å². The van der Waals surface area contributed by atoms with E-state index in [0.717, 1.165) is 43.6 Å². The van der Waals surface area contributed by atoms with Gasteiger partial charge >= 0.3 is 5.97 Å². The molecule has 0 unspecified atom stereocenters. The molecule has 2 aliphatic rings. The van der Waals surface area contributed by atoms with Crippen LogP contribution in [0.25, 0.3) is 6.08 Å². The van der Waals surface area contributed by atoms with Gasteiger partial charge in [-0.2, -0.15) is 0 Å². The summed E-state index contributed by atoms with van der Waals surface area (Å²) in [7, 11) is 1.34. The summed E-state index contributed by atoms with van der Waals surface area (Å²) in [5, 5.41) is 0. The predicted octanol–water partition coefficient (Wildman–Crippen LogP) is 4.90. The third-order valence-corrected chi connectivity index (χ3v) is 6.95. The molecule has 6 heteroatoms. The summed E-state index contributed by atoms with van der Waals surface area (Å²) >= 11 is 0. The predicted molar refractivity (Wildman–Crippen MR) is 138 cm³/mol. The Balaban J connectivity index is 1.42. The lowest BCUT2D eigenvalue weighted by Gasteiger charge is -2.51. The number of fused-ring (bicyclic) bond motifs is 1. The molecule has 1 saturated heterocycles. The molecule has 36 heavy (non-hydrogen) atoms. The van der Waals surface area contributed by atoms with Gasteiger partial charge in [0.05, 0.1) is 12.7 Å². The Labute approximate surface area is 211 Å². The molecule has 5 rings (SSSR count). The van der Waals surface area contributed by atoms with Crippen molar-refractivity contribution in [2.24, 2.45) is 0 Å². The number of carbonyl (C=O) groups is 2. The van der Waals surface area contributed by atoms with Crippen LogP contribution in [0.4, 0.5) is 0 Å². The summed E-state index contributed by atoms with van der Waals surface area (Å²) in [5.74, 6) is 0.100. The van der Waals surface area contributed by atoms with E-state index in [-0.39, 0.29) is 5.91 Å². The van der Waals surface area contributed by atoms with Crippen molar-refractivity contribution in [1.82, 2.24) is 9.80 Å². The van der Waals surface area contributed by atoms with Gasteiger partial charge in [0.1, 0.15) is 5.75 Å². The van der Waals surface area contributed by atoms with Crippen molar-refractivity contribution in [3.05, 3.63) is 107 Å². The molecule has 0 aromatic heterocycles. The summed E-state index contributed by atoms with van der Waals surface area (Å²) in [5.41, 5.74) is 2.90. The first-order valence-electron chi connectivity index (χ1n) is 12.3. The van der Waals surface area contributed by atoms with Crippen molar-refractivity contribution >= 4 is 18.0 Å². The van der Waals surface area contributed by atoms with Crippen LogP contribution in [0.3, 0.4) is 0 Å². The summed E-state index contributed by atoms with van der Waals surface area (Å²) in [6.07, 6.45) is 4.44. The molecule has 1 spiro atoms. The number of carbonyl (C=O) groups excluding carboxylic acids is 2. The fourth-order valence-electron chi connectivity index (χ4n) is 4.99. The van der Waals surface area contributed by atoms with Crippen LogP contribution in [0.15, 0.2) is 84.9 Å². The van der Waals surface area contributed by atoms with Crippen LogP contribution in [0.5, 0.6) is 5.75 Å². The van der Waals surface area contributed by atoms with E-state index < -0.39 is 11.7 Å². The minimum Gasteiger partial charge on any atom is -0.467 e. The second-order valence-corrected chi connectivity index (χ2v) is 9.30. The number of methoxy groups -OCH3 is 1. The van der Waals surface area contributed by atoms with E-state index in [9.17, 15) is 9.59 Å². The fourth-order valence-corrected chi connectivity index (χ4v) is 4.99. The van der Waals surface area contributed by atoms with Gasteiger partial charge in [0, 0.05) is 45.1 Å². The Bertz CT molecular complexity index is 1250. The number of amides is 1. The first-order chi connectivity index (χ1) is 17.6. The van der Waals surface area contributed by atoms with Crippen molar-refractivity contribution in [3.63, 3.8) is 0 Å². The maximum Gasteiger partial charge on any atom is 0.330 e. The van der Waals surface area contributed by atoms with Gasteiger partial charge in [-0.25, -0.2) is 4.79 Å². The number of benzene rings is 3. The SMILES string of the molecule is COC(=O)C=Cc1ccc2c(c1)C(=O)N(Cc1ccccc1)C1(CCN(Cc3ccccc3)CC1)O2. The van der Waals surface area contributed by atoms with Gasteiger partial charge in [-0.3, -0.25) is 14.6 Å². The number of hydrogen-bond donors (Lipinski definition) is 0. The molecule has 3 aromatic carbocycles. The molecule has 0 atom stereocenters. The highest BCUT2D eigenvalue weighted by Gasteiger charge is 2.48. The first kappa shape index (κ1) is 23.8. The van der Waals surface area contributed by atoms with Gasteiger partial charge in [0.2, 0.25) is 0 Å². The molecule has 2 aliphatic heterocycles. The van der Waals surface area contributed by atoms with Crippen LogP contribution in [0.1, 0.15) is 39.9 Å². The van der Waals surface area contributed by atoms with Crippen LogP contribution in [-0.2, 0) is 22.6 Å². The van der Waals surface area contributed by atoms with E-state index >= 15 is 0 Å². The van der Waals surface area contributed by atoms with Gasteiger partial charge in [-0.05, 0) is 34.9 Å². The number of nitrogens with zero attached hydrogens (tertiary/aromatic N) is 2. The molecule has 1 amide bonds. The third kappa shape index (κ3) is 5.04. The van der Waals surface area contributed by atoms with Crippen molar-refractivity contribution in [2.45, 2.75) is 31.7 Å². The van der Waals surface area contributed by atoms with E-state index in [1.54, 1.807) is 12.1 Å². The van der Waals surface area contributed by atoms with Crippen LogP contribution in [0, 0.1) is 0 Å². The summed E-state index contributed by atoms with van der Waals surface area (Å²) < 4.78 is 11.4. The minimum absolute atomic E-state index is 0.0510. The largest absolute Gasteiger partial charge is 0.467 e. The molecule has 0 N–H and O–H groups in total. The quantitative estimate of drug-likeness (QED) is 0.370. The standard InChI is InChI=1S/C30H30N2O4/c1-35-28(33)15-13-23-12-14-27-26(20-23)29(34)32(22-25-10-6-3-7-11-25)30(36-27)16-18-31(19-17-30)21-24-8-4-2-5-9-24/h2-15,20H,16-19,21-22H2,1H3. The van der Waals surface area contributed by atoms with E-state index in [1.807, 2.05) is 53.4 Å². The fraction of sp³-hybridized carbons (Fsp3) is 0.267. The van der Waals surface area contributed by atoms with Crippen LogP contribution >= 0.6 is 0 Å². The Morgan fingerprint density at radius 1 is 0.944 bits per heavy atom. The summed E-state index contributed by atoms with van der Waals surface area (Å²) in [6.45, 7) is 3.03. The molecule has 3 aromatic rings. The zero-order chi connectivity index (χ0) is 25.0. The zero-order valence-corrected chi connectivity index (χ0v) is 20.4. The molecule has 0 bridgehead atoms. The molecule has 0 saturated carbocycles. The molecular weight excluding hydrogens is 452 g/mol. The van der Waals surface area contributed by atoms with Crippen molar-refractivity contribution in [1.29, 1.82) is 0 Å². The Morgan fingerprint density at radius 2 is 1.58 bits per heavy atom. The van der Waals surface area contributed by atoms with E-state index in [1.165, 1.54) is 18.7 Å². The summed E-state index contributed by atoms with van der Waals surface area (Å²) in [4.78, 5) is 29.8. The van der Waals surface area contributed by atoms with E-state index in [4.69, 9.17) is 4.74 Å². The maximum absolute atomic E-state index is 13.9. The Hall–Kier alpha value is -3.90. The molecule has 2 heterocycles. The molecule has 1 fully saturated rings. The number of ether oxygens (including phenoxy) is 2. The van der Waals surface area contributed by atoms with Gasteiger partial charge in [0.15, 0.2) is 5.72 Å². The maximum atomic E-state index is 13.9. The van der Waals surface area contributed by atoms with Crippen molar-refractivity contribution in [2.75, 3.05) is 20.2 Å². The third-order valence-electron chi connectivity index (χ3n) is 6.95. The lowest BCUT2D eigenvalue weighted by atomic mass is 9.93. The Kier molecular flexibility index (Phi) is 6.87. The lowest BCUT2D eigenvalue weighted by molar-refractivity contribution is -0.134. The van der Waals surface area contributed by atoms with Crippen LogP contribution in [0.2, 0.25) is 0 Å². The summed E-state index contributed by atoms with van der Waals surface area (Å²) in [6, 6.07) is 26.0. The molecular formula is C30H30N2O4. The van der Waals surface area contributed by atoms with Crippen LogP contribution < -0.4 is 4.74 Å². The number of likely N-dealkylation sites (tertiary alicyclic amines) is 1. The number of hydrogen-bond acceptors (Lipinski definition) is 5. The van der Waals surface area contributed by atoms with Gasteiger partial charge in [0.25, 0.3) is 5.91 Å². The monoisotopic (exact) mass is 482 g/mol. The highest BCUT2D eigenvalue weighted by atomic mass is 16.5. The number of rotatable bonds is 6. The lowest BCUT2D eigenvalue weighted by Crippen LogP contribution is -2.62. The van der Waals surface area contributed by atoms with Crippen LogP contribution in [-0.4, -0.2) is 47.6 Å². The van der Waals surface area contributed by atoms with E-state index in [0.29, 0.717) is 17.9 Å².